The van der Waals surface area contributed by atoms with E-state index < -0.39 is 0 Å². The highest BCUT2D eigenvalue weighted by molar-refractivity contribution is 5.92. The van der Waals surface area contributed by atoms with Crippen LogP contribution in [0.2, 0.25) is 0 Å². The molecule has 0 saturated carbocycles. The number of fused-ring (bicyclic) bond motifs is 18. The van der Waals surface area contributed by atoms with Gasteiger partial charge < -0.3 is 28.4 Å². The Hall–Kier alpha value is -9.72. The summed E-state index contributed by atoms with van der Waals surface area (Å²) in [5.74, 6) is 10.5. The molecule has 6 aromatic carbocycles. The fourth-order valence-electron chi connectivity index (χ4n) is 23.5. The standard InChI is InChI=1S/C50H58N6O4.C50H58N6O2/c1-5-31-27-55-21-17-33(31)23-47(55)43(37-15-19-51-45-13-11-35(57-3)25-41(37)45)29-59-49-39-9-7-8-10-40(39)50(54-53-49)60-30-44(48-24-34-18-22-56(48)28-32(34)6-2)38-16-20-52-46-14-12-36(58-4)26-42(38)46;1-5-33-27-55-21-17-35(33)25-47(55)43(37-15-19-51-45-13-11-31(3)23-41(37)45)29-57-49-39-9-7-8-10-40(39)50(54-53-49)58-30-44(48-26-36-18-22-56(48)28-34(36)6-2)38-16-20-52-46-14-12-32(4)24-42(38)46/h7-16,19-20,25-26,31-34,43-44,47-48H,5-6,17-18,21-24,27-30H2,1-4H3;7-16,19-20,23-24,33-36,43-44,47-48H,5-6,17-18,21-22,25-30H2,1-4H3/t31?,32?,33-,34?,43-,44-,47+,48+;33?,34?,35-,36?,43+,44+,47-,48-/m11/s1. The summed E-state index contributed by atoms with van der Waals surface area (Å²) in [5, 5.41) is 27.6. The zero-order chi connectivity index (χ0) is 80.1. The van der Waals surface area contributed by atoms with Crippen LogP contribution in [-0.2, 0) is 0 Å². The van der Waals surface area contributed by atoms with Crippen LogP contribution in [0.25, 0.3) is 65.2 Å². The molecule has 12 aliphatic heterocycles. The number of aryl methyl sites for hydroxylation is 2. The van der Waals surface area contributed by atoms with Gasteiger partial charge in [-0.15, -0.1) is 20.4 Å². The molecule has 18 heterocycles. The lowest BCUT2D eigenvalue weighted by Gasteiger charge is -2.52. The van der Waals surface area contributed by atoms with Crippen molar-refractivity contribution in [2.75, 3.05) is 93.0 Å². The monoisotopic (exact) mass is 1580 g/mol. The number of hydrogen-bond acceptors (Lipinski definition) is 18. The van der Waals surface area contributed by atoms with Gasteiger partial charge in [0.2, 0.25) is 23.5 Å². The fourth-order valence-corrected chi connectivity index (χ4v) is 23.5. The number of ether oxygens (including phenoxy) is 6. The molecule has 0 N–H and O–H groups in total. The van der Waals surface area contributed by atoms with Crippen molar-refractivity contribution in [1.29, 1.82) is 0 Å². The normalized spacial score (nSPS) is 27.3. The molecule has 0 amide bonds. The van der Waals surface area contributed by atoms with Gasteiger partial charge in [0, 0.05) is 120 Å². The summed E-state index contributed by atoms with van der Waals surface area (Å²) in [4.78, 5) is 30.0. The van der Waals surface area contributed by atoms with Gasteiger partial charge in [0.05, 0.1) is 84.3 Å². The molecule has 20 atom stereocenters. The lowest BCUT2D eigenvalue weighted by atomic mass is 9.70. The molecule has 12 fully saturated rings. The number of benzene rings is 6. The van der Waals surface area contributed by atoms with Gasteiger partial charge in [-0.25, -0.2) is 0 Å². The topological polar surface area (TPSA) is 171 Å². The molecule has 6 aromatic heterocycles. The van der Waals surface area contributed by atoms with Crippen LogP contribution in [0.4, 0.5) is 0 Å². The first kappa shape index (κ1) is 78.1. The molecule has 12 aliphatic rings. The maximum absolute atomic E-state index is 6.90. The second-order valence-corrected chi connectivity index (χ2v) is 35.9. The SMILES string of the molecule is CCC1CN2CCC1C[C@@H]2[C@@H](COc1nnc(OC[C@@H](c2ccnc3ccc(C)cc23)[C@H]2C[C@H]3CCN2CC3CC)c2ccccc12)c1ccnc2ccc(C)cc12.CCC1CN2CCC1C[C@H]2[C@H](COc1nnc(OC[C@H](c2ccnc3ccc(OC)cc23)[C@@H]2C[C@H]3CCN2CC3CC)c2ccccc12)c1ccnc2ccc(OC)cc12. The molecule has 0 spiro atoms. The molecule has 12 saturated heterocycles. The van der Waals surface area contributed by atoms with Gasteiger partial charge in [-0.2, -0.15) is 0 Å². The van der Waals surface area contributed by atoms with Crippen molar-refractivity contribution in [3.63, 3.8) is 0 Å². The van der Waals surface area contributed by atoms with E-state index in [9.17, 15) is 0 Å². The van der Waals surface area contributed by atoms with Crippen molar-refractivity contribution < 1.29 is 28.4 Å². The van der Waals surface area contributed by atoms with Crippen LogP contribution < -0.4 is 28.4 Å². The summed E-state index contributed by atoms with van der Waals surface area (Å²) in [6, 6.07) is 52.6. The van der Waals surface area contributed by atoms with Crippen molar-refractivity contribution in [3.8, 4) is 35.0 Å². The van der Waals surface area contributed by atoms with E-state index in [4.69, 9.17) is 68.8 Å². The number of nitrogens with zero attached hydrogens (tertiary/aromatic N) is 12. The number of piperidine rings is 12. The maximum Gasteiger partial charge on any atom is 0.241 e. The minimum Gasteiger partial charge on any atom is -0.497 e. The number of methoxy groups -OCH3 is 2. The molecule has 118 heavy (non-hydrogen) atoms. The third-order valence-corrected chi connectivity index (χ3v) is 30.0. The Bertz CT molecular complexity index is 5260. The molecule has 0 radical (unpaired) electrons. The van der Waals surface area contributed by atoms with Crippen LogP contribution in [0.3, 0.4) is 0 Å². The van der Waals surface area contributed by atoms with Crippen LogP contribution in [-0.4, -0.2) is 177 Å². The Kier molecular flexibility index (Phi) is 22.6. The Morgan fingerprint density at radius 3 is 0.831 bits per heavy atom. The molecule has 0 aliphatic carbocycles. The van der Waals surface area contributed by atoms with Crippen LogP contribution in [0, 0.1) is 61.2 Å². The zero-order valence-electron chi connectivity index (χ0n) is 70.2. The molecule has 8 bridgehead atoms. The largest absolute Gasteiger partial charge is 0.497 e. The molecule has 612 valence electrons. The predicted octanol–water partition coefficient (Wildman–Crippen LogP) is 19.2. The molecule has 12 aromatic rings. The van der Waals surface area contributed by atoms with E-state index in [2.05, 4.69) is 182 Å². The Labute approximate surface area is 695 Å². The summed E-state index contributed by atoms with van der Waals surface area (Å²) in [5.41, 5.74) is 11.6. The van der Waals surface area contributed by atoms with E-state index in [0.717, 1.165) is 152 Å². The van der Waals surface area contributed by atoms with E-state index >= 15 is 0 Å². The second-order valence-electron chi connectivity index (χ2n) is 35.9. The van der Waals surface area contributed by atoms with Crippen LogP contribution in [0.15, 0.2) is 170 Å². The highest BCUT2D eigenvalue weighted by Gasteiger charge is 2.48. The van der Waals surface area contributed by atoms with Crippen molar-refractivity contribution >= 4 is 65.2 Å². The average molecular weight is 1580 g/mol. The van der Waals surface area contributed by atoms with E-state index in [1.165, 1.54) is 134 Å². The summed E-state index contributed by atoms with van der Waals surface area (Å²) in [6.45, 7) is 25.0. The molecular weight excluding hydrogens is 1470 g/mol. The van der Waals surface area contributed by atoms with Gasteiger partial charge in [0.15, 0.2) is 0 Å². The lowest BCUT2D eigenvalue weighted by molar-refractivity contribution is -0.0177. The molecular formula is C100H116N12O6. The van der Waals surface area contributed by atoms with Gasteiger partial charge in [-0.1, -0.05) is 101 Å². The number of pyridine rings is 4. The highest BCUT2D eigenvalue weighted by Crippen LogP contribution is 2.50. The molecule has 10 unspecified atom stereocenters. The van der Waals surface area contributed by atoms with Gasteiger partial charge in [0.1, 0.15) is 11.5 Å². The zero-order valence-corrected chi connectivity index (χ0v) is 70.2. The summed E-state index contributed by atoms with van der Waals surface area (Å²) in [7, 11) is 3.45. The van der Waals surface area contributed by atoms with Gasteiger partial charge >= 0.3 is 0 Å². The lowest BCUT2D eigenvalue weighted by Crippen LogP contribution is -2.55. The van der Waals surface area contributed by atoms with Crippen molar-refractivity contribution in [3.05, 3.63) is 204 Å². The number of aromatic nitrogens is 8. The molecule has 18 heteroatoms. The van der Waals surface area contributed by atoms with Gasteiger partial charge in [0.25, 0.3) is 0 Å². The van der Waals surface area contributed by atoms with Crippen molar-refractivity contribution in [2.24, 2.45) is 47.3 Å². The van der Waals surface area contributed by atoms with Crippen molar-refractivity contribution in [2.45, 2.75) is 166 Å². The highest BCUT2D eigenvalue weighted by atomic mass is 16.5. The number of hydrogen-bond donors (Lipinski definition) is 0. The van der Waals surface area contributed by atoms with E-state index in [1.54, 1.807) is 14.2 Å². The van der Waals surface area contributed by atoms with E-state index in [1.807, 2.05) is 49.1 Å². The van der Waals surface area contributed by atoms with Crippen LogP contribution in [0.1, 0.15) is 162 Å². The minimum absolute atomic E-state index is 0.0994. The maximum atomic E-state index is 6.90. The fraction of sp³-hybridized carbons (Fsp3) is 0.480. The molecule has 18 nitrogen and oxygen atoms in total. The van der Waals surface area contributed by atoms with Crippen LogP contribution >= 0.6 is 0 Å². The van der Waals surface area contributed by atoms with Gasteiger partial charge in [-0.05, 0) is 270 Å². The Morgan fingerprint density at radius 1 is 0.322 bits per heavy atom. The molecule has 24 rings (SSSR count). The van der Waals surface area contributed by atoms with Crippen LogP contribution in [0.5, 0.6) is 35.0 Å². The first-order valence-electron chi connectivity index (χ1n) is 44.5. The average Bonchev–Trinajstić information content (AvgIpc) is 0.767. The van der Waals surface area contributed by atoms with Gasteiger partial charge in [-0.3, -0.25) is 39.5 Å². The summed E-state index contributed by atoms with van der Waals surface area (Å²) >= 11 is 0. The first-order chi connectivity index (χ1) is 58.0. The predicted molar refractivity (Wildman–Crippen MR) is 469 cm³/mol. The Balaban J connectivity index is 0.000000157. The first-order valence-corrected chi connectivity index (χ1v) is 44.5. The number of rotatable bonds is 26. The Morgan fingerprint density at radius 2 is 0.585 bits per heavy atom. The smallest absolute Gasteiger partial charge is 0.241 e. The summed E-state index contributed by atoms with van der Waals surface area (Å²) in [6.07, 6.45) is 22.7. The third kappa shape index (κ3) is 15.2. The second kappa shape index (κ2) is 34.2. The minimum atomic E-state index is 0.0994. The quantitative estimate of drug-likeness (QED) is 0.0501. The summed E-state index contributed by atoms with van der Waals surface area (Å²) < 4.78 is 39.0. The van der Waals surface area contributed by atoms with E-state index in [-0.39, 0.29) is 23.7 Å². The van der Waals surface area contributed by atoms with Crippen molar-refractivity contribution in [1.82, 2.24) is 59.9 Å². The third-order valence-electron chi connectivity index (χ3n) is 30.0. The van der Waals surface area contributed by atoms with E-state index in [0.29, 0.717) is 74.1 Å².